The van der Waals surface area contributed by atoms with Crippen LogP contribution in [0.25, 0.3) is 6.08 Å². The molecule has 0 bridgehead atoms. The number of hydrogen-bond acceptors (Lipinski definition) is 2. The monoisotopic (exact) mass is 317 g/mol. The topological polar surface area (TPSA) is 46.9 Å². The number of nitrogens with one attached hydrogen (secondary N) is 1. The quantitative estimate of drug-likeness (QED) is 0.879. The van der Waals surface area contributed by atoms with E-state index in [1.165, 1.54) is 17.2 Å². The van der Waals surface area contributed by atoms with Crippen molar-refractivity contribution in [3.8, 4) is 0 Å². The second-order valence-corrected chi connectivity index (χ2v) is 5.75. The van der Waals surface area contributed by atoms with E-state index in [1.807, 2.05) is 26.0 Å². The Kier molecular flexibility index (Phi) is 5.03. The minimum absolute atomic E-state index is 0.153. The number of benzene rings is 1. The Balaban J connectivity index is 1.99. The first-order valence-electron chi connectivity index (χ1n) is 7.09. The van der Waals surface area contributed by atoms with Crippen molar-refractivity contribution >= 4 is 23.6 Å². The molecule has 4 nitrogen and oxygen atoms in total. The lowest BCUT2D eigenvalue weighted by atomic mass is 10.1. The van der Waals surface area contributed by atoms with Gasteiger partial charge in [-0.05, 0) is 38.0 Å². The van der Waals surface area contributed by atoms with Crippen molar-refractivity contribution < 1.29 is 4.79 Å². The van der Waals surface area contributed by atoms with Gasteiger partial charge in [0, 0.05) is 25.2 Å². The van der Waals surface area contributed by atoms with Crippen LogP contribution < -0.4 is 5.32 Å². The molecule has 0 fully saturated rings. The summed E-state index contributed by atoms with van der Waals surface area (Å²) in [5.74, 6) is -0.153. The van der Waals surface area contributed by atoms with Gasteiger partial charge < -0.3 is 5.32 Å². The molecular weight excluding hydrogens is 298 g/mol. The van der Waals surface area contributed by atoms with E-state index < -0.39 is 0 Å². The fourth-order valence-electron chi connectivity index (χ4n) is 2.28. The van der Waals surface area contributed by atoms with Gasteiger partial charge in [0.1, 0.15) is 5.15 Å². The SMILES string of the molecule is Cc1ccc(CNC(=O)/C=C/c2c(C)nn(C)c2Cl)c(C)c1. The summed E-state index contributed by atoms with van der Waals surface area (Å²) in [5, 5.41) is 7.61. The second-order valence-electron chi connectivity index (χ2n) is 5.39. The molecule has 1 amide bonds. The number of rotatable bonds is 4. The maximum Gasteiger partial charge on any atom is 0.244 e. The van der Waals surface area contributed by atoms with Gasteiger partial charge in [0.25, 0.3) is 0 Å². The summed E-state index contributed by atoms with van der Waals surface area (Å²) in [5.41, 5.74) is 5.07. The highest BCUT2D eigenvalue weighted by atomic mass is 35.5. The standard InChI is InChI=1S/C17H20ClN3O/c1-11-5-6-14(12(2)9-11)10-19-16(22)8-7-15-13(3)20-21(4)17(15)18/h5-9H,10H2,1-4H3,(H,19,22)/b8-7+. The van der Waals surface area contributed by atoms with E-state index in [0.29, 0.717) is 11.7 Å². The van der Waals surface area contributed by atoms with Crippen LogP contribution in [0.3, 0.4) is 0 Å². The van der Waals surface area contributed by atoms with E-state index in [0.717, 1.165) is 16.8 Å². The number of aromatic nitrogens is 2. The third-order valence-corrected chi connectivity index (χ3v) is 4.00. The summed E-state index contributed by atoms with van der Waals surface area (Å²) < 4.78 is 1.59. The lowest BCUT2D eigenvalue weighted by Crippen LogP contribution is -2.20. The molecule has 0 aliphatic carbocycles. The van der Waals surface area contributed by atoms with Crippen molar-refractivity contribution in [3.05, 3.63) is 57.4 Å². The van der Waals surface area contributed by atoms with Crippen molar-refractivity contribution in [2.75, 3.05) is 0 Å². The van der Waals surface area contributed by atoms with Gasteiger partial charge in [0.05, 0.1) is 5.69 Å². The van der Waals surface area contributed by atoms with Crippen molar-refractivity contribution in [1.29, 1.82) is 0 Å². The van der Waals surface area contributed by atoms with Gasteiger partial charge in [0.2, 0.25) is 5.91 Å². The van der Waals surface area contributed by atoms with E-state index in [4.69, 9.17) is 11.6 Å². The molecule has 0 atom stereocenters. The Hall–Kier alpha value is -2.07. The molecule has 0 aliphatic heterocycles. The third kappa shape index (κ3) is 3.77. The van der Waals surface area contributed by atoms with Crippen LogP contribution in [0.5, 0.6) is 0 Å². The molecule has 0 saturated carbocycles. The summed E-state index contributed by atoms with van der Waals surface area (Å²) in [4.78, 5) is 11.9. The van der Waals surface area contributed by atoms with E-state index in [2.05, 4.69) is 23.4 Å². The van der Waals surface area contributed by atoms with Gasteiger partial charge >= 0.3 is 0 Å². The zero-order valence-electron chi connectivity index (χ0n) is 13.3. The lowest BCUT2D eigenvalue weighted by Gasteiger charge is -2.07. The predicted octanol–water partition coefficient (Wildman–Crippen LogP) is 3.33. The van der Waals surface area contributed by atoms with E-state index >= 15 is 0 Å². The Morgan fingerprint density at radius 1 is 1.36 bits per heavy atom. The van der Waals surface area contributed by atoms with Gasteiger partial charge in [-0.25, -0.2) is 0 Å². The molecule has 116 valence electrons. The Bertz CT molecular complexity index is 732. The number of halogens is 1. The average molecular weight is 318 g/mol. The highest BCUT2D eigenvalue weighted by molar-refractivity contribution is 6.31. The largest absolute Gasteiger partial charge is 0.348 e. The van der Waals surface area contributed by atoms with Crippen LogP contribution in [0.2, 0.25) is 5.15 Å². The van der Waals surface area contributed by atoms with Crippen molar-refractivity contribution in [3.63, 3.8) is 0 Å². The highest BCUT2D eigenvalue weighted by Crippen LogP contribution is 2.19. The third-order valence-electron chi connectivity index (χ3n) is 3.55. The average Bonchev–Trinajstić information content (AvgIpc) is 2.69. The van der Waals surface area contributed by atoms with E-state index in [9.17, 15) is 4.79 Å². The number of carbonyl (C=O) groups is 1. The normalized spacial score (nSPS) is 11.1. The number of amides is 1. The molecule has 1 N–H and O–H groups in total. The number of carbonyl (C=O) groups excluding carboxylic acids is 1. The van der Waals surface area contributed by atoms with Gasteiger partial charge in [-0.1, -0.05) is 35.4 Å². The van der Waals surface area contributed by atoms with Crippen LogP contribution >= 0.6 is 11.6 Å². The maximum atomic E-state index is 11.9. The molecule has 1 heterocycles. The molecule has 0 unspecified atom stereocenters. The molecule has 2 aromatic rings. The summed E-state index contributed by atoms with van der Waals surface area (Å²) in [6, 6.07) is 6.19. The molecule has 0 radical (unpaired) electrons. The van der Waals surface area contributed by atoms with Crippen LogP contribution in [0.15, 0.2) is 24.3 Å². The Labute approximate surface area is 135 Å². The zero-order chi connectivity index (χ0) is 16.3. The molecule has 1 aromatic heterocycles. The molecular formula is C17H20ClN3O. The highest BCUT2D eigenvalue weighted by Gasteiger charge is 2.08. The summed E-state index contributed by atoms with van der Waals surface area (Å²) >= 11 is 6.12. The maximum absolute atomic E-state index is 11.9. The van der Waals surface area contributed by atoms with E-state index in [1.54, 1.807) is 17.8 Å². The molecule has 1 aromatic carbocycles. The lowest BCUT2D eigenvalue weighted by molar-refractivity contribution is -0.116. The smallest absolute Gasteiger partial charge is 0.244 e. The van der Waals surface area contributed by atoms with Crippen molar-refractivity contribution in [2.24, 2.45) is 7.05 Å². The summed E-state index contributed by atoms with van der Waals surface area (Å²) in [7, 11) is 1.77. The van der Waals surface area contributed by atoms with Crippen LogP contribution in [0, 0.1) is 20.8 Å². The van der Waals surface area contributed by atoms with Crippen molar-refractivity contribution in [1.82, 2.24) is 15.1 Å². The van der Waals surface area contributed by atoms with Gasteiger partial charge in [-0.2, -0.15) is 5.10 Å². The number of aryl methyl sites for hydroxylation is 4. The molecule has 22 heavy (non-hydrogen) atoms. The Morgan fingerprint density at radius 3 is 2.68 bits per heavy atom. The second kappa shape index (κ2) is 6.79. The molecule has 0 saturated heterocycles. The van der Waals surface area contributed by atoms with Crippen molar-refractivity contribution in [2.45, 2.75) is 27.3 Å². The van der Waals surface area contributed by atoms with Gasteiger partial charge in [-0.15, -0.1) is 0 Å². The first-order chi connectivity index (χ1) is 10.4. The predicted molar refractivity (Wildman–Crippen MR) is 89.8 cm³/mol. The molecule has 0 aliphatic rings. The summed E-state index contributed by atoms with van der Waals surface area (Å²) in [6.45, 7) is 6.47. The van der Waals surface area contributed by atoms with E-state index in [-0.39, 0.29) is 5.91 Å². The molecule has 5 heteroatoms. The number of hydrogen-bond donors (Lipinski definition) is 1. The first-order valence-corrected chi connectivity index (χ1v) is 7.47. The van der Waals surface area contributed by atoms with Crippen LogP contribution in [0.1, 0.15) is 27.9 Å². The molecule has 0 spiro atoms. The summed E-state index contributed by atoms with van der Waals surface area (Å²) in [6.07, 6.45) is 3.18. The zero-order valence-corrected chi connectivity index (χ0v) is 14.0. The van der Waals surface area contributed by atoms with Crippen LogP contribution in [-0.2, 0) is 18.4 Å². The molecule has 2 rings (SSSR count). The minimum atomic E-state index is -0.153. The van der Waals surface area contributed by atoms with Gasteiger partial charge in [-0.3, -0.25) is 9.48 Å². The number of nitrogens with zero attached hydrogens (tertiary/aromatic N) is 2. The van der Waals surface area contributed by atoms with Crippen LogP contribution in [0.4, 0.5) is 0 Å². The Morgan fingerprint density at radius 2 is 2.09 bits per heavy atom. The van der Waals surface area contributed by atoms with Gasteiger partial charge in [0.15, 0.2) is 0 Å². The first kappa shape index (κ1) is 16.3. The fraction of sp³-hybridized carbons (Fsp3) is 0.294. The fourth-order valence-corrected chi connectivity index (χ4v) is 2.52. The van der Waals surface area contributed by atoms with Crippen LogP contribution in [-0.4, -0.2) is 15.7 Å². The minimum Gasteiger partial charge on any atom is -0.348 e.